The number of rotatable bonds is 14. The molecule has 0 aliphatic carbocycles. The number of hydrogen-bond acceptors (Lipinski definition) is 4. The Kier molecular flexibility index (Phi) is 11.5. The van der Waals surface area contributed by atoms with Crippen molar-refractivity contribution in [2.45, 2.75) is 118 Å². The Morgan fingerprint density at radius 2 is 1.17 bits per heavy atom. The topological polar surface area (TPSA) is 74.6 Å². The van der Waals surface area contributed by atoms with Gasteiger partial charge in [-0.05, 0) is 99.0 Å². The highest BCUT2D eigenvalue weighted by Crippen LogP contribution is 2.59. The minimum atomic E-state index is -4.24. The van der Waals surface area contributed by atoms with Gasteiger partial charge in [-0.3, -0.25) is 4.55 Å². The molecule has 0 aliphatic heterocycles. The molecular formula is C35H56O4S2. The molecule has 0 bridgehead atoms. The Balaban J connectivity index is 2.63. The summed E-state index contributed by atoms with van der Waals surface area (Å²) in [6.45, 7) is 28.2. The van der Waals surface area contributed by atoms with Crippen LogP contribution >= 0.6 is 12.0 Å². The molecule has 41 heavy (non-hydrogen) atoms. The summed E-state index contributed by atoms with van der Waals surface area (Å²) >= 11 is 0.857. The maximum absolute atomic E-state index is 11.8. The van der Waals surface area contributed by atoms with Crippen LogP contribution in [-0.2, 0) is 15.9 Å². The van der Waals surface area contributed by atoms with E-state index in [1.165, 1.54) is 17.7 Å². The minimum Gasteiger partial charge on any atom is -0.330 e. The van der Waals surface area contributed by atoms with Crippen molar-refractivity contribution in [2.24, 2.45) is 33.5 Å². The molecule has 4 nitrogen and oxygen atoms in total. The molecule has 0 saturated carbocycles. The summed E-state index contributed by atoms with van der Waals surface area (Å²) in [5.41, 5.74) is 3.45. The second-order valence-corrected chi connectivity index (χ2v) is 17.3. The van der Waals surface area contributed by atoms with Gasteiger partial charge in [-0.15, -0.1) is 0 Å². The zero-order chi connectivity index (χ0) is 31.6. The molecular weight excluding hydrogens is 549 g/mol. The van der Waals surface area contributed by atoms with E-state index in [1.54, 1.807) is 0 Å². The highest BCUT2D eigenvalue weighted by Gasteiger charge is 2.48. The monoisotopic (exact) mass is 604 g/mol. The second-order valence-electron chi connectivity index (χ2n) is 15.3. The van der Waals surface area contributed by atoms with Gasteiger partial charge >= 0.3 is 0 Å². The minimum absolute atomic E-state index is 0.0523. The fourth-order valence-electron chi connectivity index (χ4n) is 5.80. The molecule has 0 radical (unpaired) electrons. The summed E-state index contributed by atoms with van der Waals surface area (Å²) in [5.74, 6) is 1.99. The van der Waals surface area contributed by atoms with E-state index in [2.05, 4.69) is 107 Å². The van der Waals surface area contributed by atoms with E-state index in [1.807, 2.05) is 12.1 Å². The van der Waals surface area contributed by atoms with Crippen LogP contribution in [-0.4, -0.2) is 17.5 Å². The van der Waals surface area contributed by atoms with Crippen molar-refractivity contribution in [3.05, 3.63) is 65.2 Å². The van der Waals surface area contributed by atoms with Gasteiger partial charge in [0.2, 0.25) is 0 Å². The first-order valence-electron chi connectivity index (χ1n) is 15.0. The molecule has 2 aromatic carbocycles. The van der Waals surface area contributed by atoms with Gasteiger partial charge in [0.05, 0.1) is 4.90 Å². The van der Waals surface area contributed by atoms with Crippen LogP contribution in [0.3, 0.4) is 0 Å². The zero-order valence-corrected chi connectivity index (χ0v) is 29.2. The summed E-state index contributed by atoms with van der Waals surface area (Å²) in [5, 5.41) is 0. The predicted molar refractivity (Wildman–Crippen MR) is 176 cm³/mol. The van der Waals surface area contributed by atoms with E-state index in [0.717, 1.165) is 36.0 Å². The predicted octanol–water partition coefficient (Wildman–Crippen LogP) is 10.7. The van der Waals surface area contributed by atoms with Crippen LogP contribution in [0.4, 0.5) is 0 Å². The van der Waals surface area contributed by atoms with E-state index in [-0.39, 0.29) is 32.5 Å². The third kappa shape index (κ3) is 8.40. The lowest BCUT2D eigenvalue weighted by atomic mass is 9.51. The van der Waals surface area contributed by atoms with Crippen LogP contribution < -0.4 is 0 Å². The third-order valence-electron chi connectivity index (χ3n) is 11.2. The molecule has 2 N–H and O–H groups in total. The molecule has 2 atom stereocenters. The standard InChI is InChI=1S/C35H56O4S2/c1-24(2)32(5,6)21-31(28-15-13-26(14-16-28)23-40-36)35(11,12)33(7,8)22-30(34(9,10)25(3)4)27-17-19-29(20-18-27)41(37,38)39/h13-20,24-25,30-31,36H,21-23H2,1-12H3,(H,37,38,39). The Hall–Kier alpha value is -1.34. The molecule has 2 rings (SSSR count). The van der Waals surface area contributed by atoms with Crippen molar-refractivity contribution in [3.63, 3.8) is 0 Å². The molecule has 0 heterocycles. The van der Waals surface area contributed by atoms with Gasteiger partial charge < -0.3 is 4.55 Å². The van der Waals surface area contributed by atoms with Gasteiger partial charge in [-0.25, -0.2) is 0 Å². The van der Waals surface area contributed by atoms with Crippen molar-refractivity contribution in [1.29, 1.82) is 0 Å². The fourth-order valence-corrected chi connectivity index (χ4v) is 6.62. The summed E-state index contributed by atoms with van der Waals surface area (Å²) < 4.78 is 42.4. The van der Waals surface area contributed by atoms with Gasteiger partial charge in [-0.1, -0.05) is 119 Å². The summed E-state index contributed by atoms with van der Waals surface area (Å²) in [4.78, 5) is -0.0685. The van der Waals surface area contributed by atoms with Crippen LogP contribution in [0.2, 0.25) is 0 Å². The fraction of sp³-hybridized carbons (Fsp3) is 0.657. The average molecular weight is 605 g/mol. The molecule has 0 amide bonds. The maximum atomic E-state index is 11.8. The van der Waals surface area contributed by atoms with Crippen molar-refractivity contribution in [2.75, 3.05) is 0 Å². The Bertz CT molecular complexity index is 1220. The Morgan fingerprint density at radius 1 is 0.707 bits per heavy atom. The van der Waals surface area contributed by atoms with Gasteiger partial charge in [-0.2, -0.15) is 8.42 Å². The van der Waals surface area contributed by atoms with E-state index in [4.69, 9.17) is 0 Å². The van der Waals surface area contributed by atoms with Gasteiger partial charge in [0.25, 0.3) is 10.1 Å². The van der Waals surface area contributed by atoms with Crippen molar-refractivity contribution in [1.82, 2.24) is 0 Å². The van der Waals surface area contributed by atoms with E-state index >= 15 is 0 Å². The molecule has 0 aromatic heterocycles. The van der Waals surface area contributed by atoms with Crippen LogP contribution in [0.25, 0.3) is 0 Å². The molecule has 0 fully saturated rings. The Morgan fingerprint density at radius 3 is 1.59 bits per heavy atom. The largest absolute Gasteiger partial charge is 0.330 e. The lowest BCUT2D eigenvalue weighted by Gasteiger charge is -2.53. The lowest BCUT2D eigenvalue weighted by Crippen LogP contribution is -2.43. The number of hydrogen-bond donors (Lipinski definition) is 2. The smallest absolute Gasteiger partial charge is 0.294 e. The Labute approximate surface area is 256 Å². The lowest BCUT2D eigenvalue weighted by molar-refractivity contribution is 0.0151. The summed E-state index contributed by atoms with van der Waals surface area (Å²) in [6.07, 6.45) is 1.98. The summed E-state index contributed by atoms with van der Waals surface area (Å²) in [7, 11) is -4.24. The van der Waals surface area contributed by atoms with Crippen LogP contribution in [0.5, 0.6) is 0 Å². The van der Waals surface area contributed by atoms with Crippen LogP contribution in [0.1, 0.15) is 124 Å². The second kappa shape index (κ2) is 13.1. The van der Waals surface area contributed by atoms with Crippen molar-refractivity contribution < 1.29 is 17.5 Å². The van der Waals surface area contributed by atoms with Crippen molar-refractivity contribution in [3.8, 4) is 0 Å². The highest BCUT2D eigenvalue weighted by atomic mass is 32.2. The van der Waals surface area contributed by atoms with Gasteiger partial charge in [0, 0.05) is 5.75 Å². The van der Waals surface area contributed by atoms with Crippen LogP contribution in [0.15, 0.2) is 53.4 Å². The normalized spacial score (nSPS) is 15.4. The van der Waals surface area contributed by atoms with E-state index in [9.17, 15) is 17.5 Å². The quantitative estimate of drug-likeness (QED) is 0.166. The molecule has 0 spiro atoms. The molecule has 232 valence electrons. The molecule has 0 aliphatic rings. The number of benzene rings is 2. The molecule has 2 aromatic rings. The first-order chi connectivity index (χ1) is 18.6. The first kappa shape index (κ1) is 35.9. The maximum Gasteiger partial charge on any atom is 0.294 e. The van der Waals surface area contributed by atoms with Crippen LogP contribution in [0, 0.1) is 33.5 Å². The summed E-state index contributed by atoms with van der Waals surface area (Å²) in [6, 6.07) is 15.7. The van der Waals surface area contributed by atoms with Gasteiger partial charge in [0.1, 0.15) is 0 Å². The van der Waals surface area contributed by atoms with E-state index < -0.39 is 10.1 Å². The molecule has 0 saturated heterocycles. The molecule has 2 unspecified atom stereocenters. The SMILES string of the molecule is CC(C)C(C)(C)CC(c1ccc(CSO)cc1)C(C)(C)C(C)(C)CC(c1ccc(S(=O)(=O)O)cc1)C(C)(C)C(C)C. The average Bonchev–Trinajstić information content (AvgIpc) is 2.85. The highest BCUT2D eigenvalue weighted by molar-refractivity contribution is 7.92. The molecule has 6 heteroatoms. The van der Waals surface area contributed by atoms with E-state index in [0.29, 0.717) is 23.5 Å². The third-order valence-corrected chi connectivity index (χ3v) is 12.5. The van der Waals surface area contributed by atoms with Gasteiger partial charge in [0.15, 0.2) is 0 Å². The zero-order valence-electron chi connectivity index (χ0n) is 27.6. The van der Waals surface area contributed by atoms with Crippen molar-refractivity contribution >= 4 is 22.2 Å². The first-order valence-corrected chi connectivity index (χ1v) is 17.4.